The molecule has 1 aliphatic carbocycles. The maximum absolute atomic E-state index is 8.84. The number of fused-ring (bicyclic) bond motifs is 1. The van der Waals surface area contributed by atoms with E-state index in [0.717, 1.165) is 28.9 Å². The van der Waals surface area contributed by atoms with Crippen LogP contribution >= 0.6 is 0 Å². The van der Waals surface area contributed by atoms with Crippen molar-refractivity contribution >= 4 is 23.0 Å². The molecule has 2 atom stereocenters. The zero-order valence-corrected chi connectivity index (χ0v) is 16.7. The molecule has 0 spiro atoms. The van der Waals surface area contributed by atoms with Gasteiger partial charge in [0, 0.05) is 29.1 Å². The van der Waals surface area contributed by atoms with Gasteiger partial charge in [0.25, 0.3) is 0 Å². The molecule has 2 aromatic carbocycles. The minimum absolute atomic E-state index is 0.0898. The van der Waals surface area contributed by atoms with Gasteiger partial charge in [0.05, 0.1) is 12.5 Å². The molecular formula is C23H25N7. The molecule has 0 bridgehead atoms. The Balaban J connectivity index is 1.30. The van der Waals surface area contributed by atoms with E-state index < -0.39 is 0 Å². The van der Waals surface area contributed by atoms with Crippen molar-refractivity contribution in [1.29, 1.82) is 5.26 Å². The minimum atomic E-state index is -0.170. The van der Waals surface area contributed by atoms with Gasteiger partial charge >= 0.3 is 0 Å². The molecule has 1 fully saturated rings. The Hall–Kier alpha value is -3.37. The van der Waals surface area contributed by atoms with Crippen LogP contribution in [0.2, 0.25) is 0 Å². The molecule has 5 rings (SSSR count). The Kier molecular flexibility index (Phi) is 5.08. The summed E-state index contributed by atoms with van der Waals surface area (Å²) in [6.07, 6.45) is 5.11. The van der Waals surface area contributed by atoms with Crippen LogP contribution in [0.15, 0.2) is 58.6 Å². The number of hydrogen-bond acceptors (Lipinski definition) is 7. The third-order valence-electron chi connectivity index (χ3n) is 5.98. The fourth-order valence-electron chi connectivity index (χ4n) is 4.08. The van der Waals surface area contributed by atoms with E-state index in [1.807, 2.05) is 36.4 Å². The van der Waals surface area contributed by atoms with Crippen LogP contribution in [0.25, 0.3) is 0 Å². The molecule has 4 N–H and O–H groups in total. The summed E-state index contributed by atoms with van der Waals surface area (Å²) in [5.74, 6) is 1.35. The zero-order valence-electron chi connectivity index (χ0n) is 16.7. The molecule has 2 unspecified atom stereocenters. The summed E-state index contributed by atoms with van der Waals surface area (Å²) in [4.78, 5) is 4.88. The van der Waals surface area contributed by atoms with Gasteiger partial charge < -0.3 is 10.6 Å². The van der Waals surface area contributed by atoms with Crippen molar-refractivity contribution in [3.8, 4) is 6.07 Å². The fraction of sp³-hybridized carbons (Fsp3) is 0.348. The van der Waals surface area contributed by atoms with E-state index in [2.05, 4.69) is 44.7 Å². The lowest BCUT2D eigenvalue weighted by Crippen LogP contribution is -2.42. The maximum atomic E-state index is 8.84. The highest BCUT2D eigenvalue weighted by Gasteiger charge is 2.31. The van der Waals surface area contributed by atoms with Crippen molar-refractivity contribution < 1.29 is 0 Å². The van der Waals surface area contributed by atoms with Crippen LogP contribution in [0.3, 0.4) is 0 Å². The van der Waals surface area contributed by atoms with Crippen LogP contribution in [-0.2, 0) is 6.42 Å². The molecule has 0 radical (unpaired) electrons. The second-order valence-corrected chi connectivity index (χ2v) is 8.03. The Morgan fingerprint density at radius 1 is 1.10 bits per heavy atom. The predicted molar refractivity (Wildman–Crippen MR) is 119 cm³/mol. The second kappa shape index (κ2) is 8.17. The van der Waals surface area contributed by atoms with Crippen molar-refractivity contribution in [2.75, 3.05) is 10.6 Å². The Labute approximate surface area is 176 Å². The van der Waals surface area contributed by atoms with Crippen LogP contribution in [0, 0.1) is 17.2 Å². The van der Waals surface area contributed by atoms with Crippen molar-refractivity contribution in [3.05, 3.63) is 59.7 Å². The lowest BCUT2D eigenvalue weighted by Gasteiger charge is -2.29. The largest absolute Gasteiger partial charge is 0.326 e. The van der Waals surface area contributed by atoms with Crippen LogP contribution < -0.4 is 21.4 Å². The lowest BCUT2D eigenvalue weighted by atomic mass is 9.80. The first-order valence-corrected chi connectivity index (χ1v) is 10.5. The smallest absolute Gasteiger partial charge is 0.202 e. The van der Waals surface area contributed by atoms with E-state index in [-0.39, 0.29) is 12.3 Å². The highest BCUT2D eigenvalue weighted by atomic mass is 15.4. The summed E-state index contributed by atoms with van der Waals surface area (Å²) in [6, 6.07) is 18.2. The number of hydrazone groups is 1. The van der Waals surface area contributed by atoms with Gasteiger partial charge in [-0.1, -0.05) is 36.8 Å². The Morgan fingerprint density at radius 2 is 1.93 bits per heavy atom. The van der Waals surface area contributed by atoms with Crippen LogP contribution in [-0.4, -0.2) is 17.8 Å². The highest BCUT2D eigenvalue weighted by molar-refractivity contribution is 6.05. The summed E-state index contributed by atoms with van der Waals surface area (Å²) in [5.41, 5.74) is 8.63. The van der Waals surface area contributed by atoms with Crippen molar-refractivity contribution in [1.82, 2.24) is 10.7 Å². The number of nitrogens with one attached hydrogen (secondary N) is 4. The normalized spacial score (nSPS) is 22.5. The fourth-order valence-corrected chi connectivity index (χ4v) is 4.08. The second-order valence-electron chi connectivity index (χ2n) is 8.03. The molecule has 2 aliphatic heterocycles. The molecule has 2 aromatic rings. The number of para-hydroxylation sites is 1. The van der Waals surface area contributed by atoms with E-state index in [0.29, 0.717) is 18.3 Å². The highest BCUT2D eigenvalue weighted by Crippen LogP contribution is 2.32. The molecule has 0 aromatic heterocycles. The van der Waals surface area contributed by atoms with Gasteiger partial charge in [-0.25, -0.2) is 4.99 Å². The molecule has 1 saturated carbocycles. The number of nitriles is 1. The van der Waals surface area contributed by atoms with E-state index in [1.165, 1.54) is 25.0 Å². The van der Waals surface area contributed by atoms with Gasteiger partial charge in [0.15, 0.2) is 0 Å². The van der Waals surface area contributed by atoms with Gasteiger partial charge in [-0.15, -0.1) is 0 Å². The topological polar surface area (TPSA) is 96.6 Å². The van der Waals surface area contributed by atoms with Gasteiger partial charge in [0.2, 0.25) is 5.96 Å². The summed E-state index contributed by atoms with van der Waals surface area (Å²) in [7, 11) is 0. The molecule has 7 heteroatoms. The number of anilines is 2. The third-order valence-corrected chi connectivity index (χ3v) is 5.98. The van der Waals surface area contributed by atoms with E-state index >= 15 is 0 Å². The number of aliphatic imine (C=N–C) groups is 1. The number of guanidine groups is 1. The van der Waals surface area contributed by atoms with Crippen LogP contribution in [0.5, 0.6) is 0 Å². The average molecular weight is 400 g/mol. The summed E-state index contributed by atoms with van der Waals surface area (Å²) in [5, 5.41) is 23.8. The Morgan fingerprint density at radius 3 is 2.70 bits per heavy atom. The maximum Gasteiger partial charge on any atom is 0.202 e. The summed E-state index contributed by atoms with van der Waals surface area (Å²) in [6.45, 7) is 0. The molecule has 30 heavy (non-hydrogen) atoms. The lowest BCUT2D eigenvalue weighted by molar-refractivity contribution is 0.397. The minimum Gasteiger partial charge on any atom is -0.326 e. The van der Waals surface area contributed by atoms with Gasteiger partial charge in [0.1, 0.15) is 12.3 Å². The Bertz CT molecular complexity index is 1010. The van der Waals surface area contributed by atoms with Gasteiger partial charge in [-0.05, 0) is 42.5 Å². The number of benzene rings is 2. The van der Waals surface area contributed by atoms with Crippen molar-refractivity contribution in [3.63, 3.8) is 0 Å². The summed E-state index contributed by atoms with van der Waals surface area (Å²) < 4.78 is 0. The quantitative estimate of drug-likeness (QED) is 0.615. The zero-order chi connectivity index (χ0) is 20.3. The summed E-state index contributed by atoms with van der Waals surface area (Å²) >= 11 is 0. The predicted octanol–water partition coefficient (Wildman–Crippen LogP) is 3.71. The molecular weight excluding hydrogens is 374 g/mol. The first-order chi connectivity index (χ1) is 14.8. The number of hydrogen-bond donors (Lipinski definition) is 4. The molecule has 0 saturated heterocycles. The first kappa shape index (κ1) is 18.6. The number of nitrogens with zero attached hydrogens (tertiary/aromatic N) is 3. The van der Waals surface area contributed by atoms with Crippen LogP contribution in [0.1, 0.15) is 43.0 Å². The average Bonchev–Trinajstić information content (AvgIpc) is 3.16. The van der Waals surface area contributed by atoms with E-state index in [1.54, 1.807) is 0 Å². The third kappa shape index (κ3) is 3.87. The molecule has 2 heterocycles. The standard InChI is InChI=1S/C23H25N7/c24-13-12-15-8-10-17(11-9-15)25-23-26-19-7-2-1-6-18(19)22(28-23)27-21-14-20(29-30-21)16-4-3-5-16/h1-2,6-11,16,21-22,27,30H,3-5,12,14H2,(H2,25,26,28). The van der Waals surface area contributed by atoms with Crippen molar-refractivity contribution in [2.45, 2.75) is 44.4 Å². The first-order valence-electron chi connectivity index (χ1n) is 10.5. The van der Waals surface area contributed by atoms with Gasteiger partial charge in [-0.3, -0.25) is 10.7 Å². The van der Waals surface area contributed by atoms with Crippen LogP contribution in [0.4, 0.5) is 11.4 Å². The SMILES string of the molecule is N#CCc1ccc(NC2=NC(NC3CC(C4CCC4)=NN3)c3ccccc3N2)cc1. The van der Waals surface area contributed by atoms with Crippen molar-refractivity contribution in [2.24, 2.45) is 16.0 Å². The monoisotopic (exact) mass is 399 g/mol. The molecule has 152 valence electrons. The molecule has 3 aliphatic rings. The number of rotatable bonds is 5. The van der Waals surface area contributed by atoms with E-state index in [4.69, 9.17) is 10.3 Å². The molecule has 7 nitrogen and oxygen atoms in total. The molecule has 0 amide bonds. The van der Waals surface area contributed by atoms with E-state index in [9.17, 15) is 0 Å². The van der Waals surface area contributed by atoms with Gasteiger partial charge in [-0.2, -0.15) is 10.4 Å².